The molecule has 0 saturated carbocycles. The highest BCUT2D eigenvalue weighted by Crippen LogP contribution is 2.26. The van der Waals surface area contributed by atoms with Crippen LogP contribution < -0.4 is 5.32 Å². The first-order chi connectivity index (χ1) is 9.93. The molecule has 114 valence electrons. The monoisotopic (exact) mass is 299 g/mol. The van der Waals surface area contributed by atoms with Gasteiger partial charge in [-0.2, -0.15) is 4.99 Å². The fourth-order valence-electron chi connectivity index (χ4n) is 2.70. The van der Waals surface area contributed by atoms with Gasteiger partial charge in [-0.05, 0) is 0 Å². The van der Waals surface area contributed by atoms with Crippen molar-refractivity contribution in [3.8, 4) is 0 Å². The number of carbonyl (C=O) groups is 1. The van der Waals surface area contributed by atoms with Crippen molar-refractivity contribution in [1.82, 2.24) is 10.2 Å². The lowest BCUT2D eigenvalue weighted by molar-refractivity contribution is -0.509. The van der Waals surface area contributed by atoms with Gasteiger partial charge >= 0.3 is 11.6 Å². The molecule has 4 atom stereocenters. The van der Waals surface area contributed by atoms with Crippen LogP contribution in [0.15, 0.2) is 4.99 Å². The predicted octanol–water partition coefficient (Wildman–Crippen LogP) is -3.76. The number of aliphatic hydroxyl groups excluding tert-OH is 3. The maximum Gasteiger partial charge on any atom is 0.326 e. The lowest BCUT2D eigenvalue weighted by atomic mass is 10.1. The second kappa shape index (κ2) is 4.84. The fraction of sp³-hybridized carbons (Fsp3) is 0.636. The van der Waals surface area contributed by atoms with E-state index in [0.717, 1.165) is 0 Å². The van der Waals surface area contributed by atoms with Gasteiger partial charge in [0.15, 0.2) is 6.23 Å². The first kappa shape index (κ1) is 14.1. The van der Waals surface area contributed by atoms with Crippen LogP contribution in [0.2, 0.25) is 0 Å². The molecule has 0 aromatic carbocycles. The molecule has 0 aromatic heterocycles. The molecule has 1 amide bonds. The van der Waals surface area contributed by atoms with Gasteiger partial charge in [-0.15, -0.1) is 0 Å². The van der Waals surface area contributed by atoms with Crippen LogP contribution in [0.25, 0.3) is 0 Å². The van der Waals surface area contributed by atoms with E-state index in [4.69, 9.17) is 15.3 Å². The molecule has 21 heavy (non-hydrogen) atoms. The van der Waals surface area contributed by atoms with Gasteiger partial charge in [0, 0.05) is 0 Å². The van der Waals surface area contributed by atoms with E-state index < -0.39 is 37.1 Å². The third kappa shape index (κ3) is 2.03. The van der Waals surface area contributed by atoms with Crippen LogP contribution in [0.5, 0.6) is 0 Å². The number of nitrogens with zero attached hydrogens (tertiary/aromatic N) is 3. The summed E-state index contributed by atoms with van der Waals surface area (Å²) in [6.45, 7) is -0.223. The highest BCUT2D eigenvalue weighted by Gasteiger charge is 2.52. The highest BCUT2D eigenvalue weighted by molar-refractivity contribution is 6.68. The second-order valence-electron chi connectivity index (χ2n) is 5.12. The topological polar surface area (TPSA) is 141 Å². The van der Waals surface area contributed by atoms with Crippen molar-refractivity contribution < 1.29 is 29.4 Å². The van der Waals surface area contributed by atoms with Crippen molar-refractivity contribution in [3.63, 3.8) is 0 Å². The number of guanidine groups is 1. The Kier molecular flexibility index (Phi) is 3.24. The molecule has 0 spiro atoms. The zero-order chi connectivity index (χ0) is 15.3. The molecular weight excluding hydrogens is 283 g/mol. The fourth-order valence-corrected chi connectivity index (χ4v) is 2.70. The van der Waals surface area contributed by atoms with Gasteiger partial charge in [-0.3, -0.25) is 20.4 Å². The molecule has 1 fully saturated rings. The number of aliphatic hydroxyl groups is 3. The Morgan fingerprint density at radius 1 is 1.52 bits per heavy atom. The minimum absolute atomic E-state index is 0.209. The Morgan fingerprint density at radius 3 is 2.86 bits per heavy atom. The number of nitrogens with one attached hydrogen (secondary N) is 2. The first-order valence-electron chi connectivity index (χ1n) is 6.40. The molecule has 0 aliphatic carbocycles. The quantitative estimate of drug-likeness (QED) is 0.262. The van der Waals surface area contributed by atoms with Crippen LogP contribution >= 0.6 is 0 Å². The lowest BCUT2D eigenvalue weighted by Gasteiger charge is -2.25. The summed E-state index contributed by atoms with van der Waals surface area (Å²) >= 11 is 0. The average molecular weight is 299 g/mol. The molecule has 3 aliphatic rings. The van der Waals surface area contributed by atoms with Crippen LogP contribution in [-0.4, -0.2) is 93.1 Å². The second-order valence-corrected chi connectivity index (χ2v) is 5.12. The molecule has 3 aliphatic heterocycles. The van der Waals surface area contributed by atoms with Gasteiger partial charge in [-0.1, -0.05) is 0 Å². The van der Waals surface area contributed by atoms with Crippen LogP contribution in [-0.2, 0) is 9.53 Å². The Morgan fingerprint density at radius 2 is 2.24 bits per heavy atom. The summed E-state index contributed by atoms with van der Waals surface area (Å²) in [5.41, 5.74) is 0.267. The van der Waals surface area contributed by atoms with Gasteiger partial charge in [-0.25, -0.2) is 4.58 Å². The SMILES string of the molecule is [13CH3][N+]1=C2C(=O)NC(=N)N=C2N([C@@H]2O[C@H](CO)[C@@H](O)[C@H]2O)C1. The summed E-state index contributed by atoms with van der Waals surface area (Å²) in [6.07, 6.45) is -4.34. The van der Waals surface area contributed by atoms with E-state index in [1.54, 1.807) is 11.6 Å². The Balaban J connectivity index is 1.92. The standard InChI is InChI=1S/C11H15N5O5/c1-15-3-16(8-5(15)9(20)14-11(12)13-8)10-7(19)6(18)4(2-17)21-10/h4,6-7,10,17-19H,2-3H2,1H3,(H-,12,14,20)/p+1/t4-,6-,7-,10-/m1/s1/i1+1. The van der Waals surface area contributed by atoms with Gasteiger partial charge in [0.2, 0.25) is 18.5 Å². The number of ether oxygens (including phenoxy) is 1. The number of hydrogen-bond donors (Lipinski definition) is 5. The van der Waals surface area contributed by atoms with Gasteiger partial charge in [0.25, 0.3) is 0 Å². The number of rotatable bonds is 2. The van der Waals surface area contributed by atoms with Crippen LogP contribution in [0, 0.1) is 5.41 Å². The molecule has 3 heterocycles. The normalized spacial score (nSPS) is 36.0. The van der Waals surface area contributed by atoms with Crippen molar-refractivity contribution in [2.45, 2.75) is 24.5 Å². The smallest absolute Gasteiger partial charge is 0.326 e. The molecule has 0 radical (unpaired) electrons. The Bertz CT molecular complexity index is 573. The summed E-state index contributed by atoms with van der Waals surface area (Å²) < 4.78 is 7.05. The van der Waals surface area contributed by atoms with Crippen molar-refractivity contribution in [1.29, 1.82) is 5.41 Å². The van der Waals surface area contributed by atoms with Crippen LogP contribution in [0.3, 0.4) is 0 Å². The molecule has 1 saturated heterocycles. The number of amidine groups is 1. The van der Waals surface area contributed by atoms with Crippen molar-refractivity contribution in [3.05, 3.63) is 0 Å². The minimum atomic E-state index is -1.25. The summed E-state index contributed by atoms with van der Waals surface area (Å²) in [5, 5.41) is 38.8. The van der Waals surface area contributed by atoms with Crippen LogP contribution in [0.4, 0.5) is 0 Å². The first-order valence-corrected chi connectivity index (χ1v) is 6.40. The molecule has 10 heteroatoms. The Hall–Kier alpha value is -1.88. The summed E-state index contributed by atoms with van der Waals surface area (Å²) in [7, 11) is 1.67. The Labute approximate surface area is 119 Å². The number of fused-ring (bicyclic) bond motifs is 1. The number of aliphatic imine (C=N–C) groups is 1. The lowest BCUT2D eigenvalue weighted by Crippen LogP contribution is -2.52. The van der Waals surface area contributed by atoms with E-state index in [2.05, 4.69) is 10.3 Å². The van der Waals surface area contributed by atoms with E-state index in [0.29, 0.717) is 0 Å². The maximum absolute atomic E-state index is 11.9. The average Bonchev–Trinajstić information content (AvgIpc) is 2.89. The highest BCUT2D eigenvalue weighted by atomic mass is 16.6. The van der Waals surface area contributed by atoms with E-state index in [1.807, 2.05) is 0 Å². The number of carbonyl (C=O) groups excluding carboxylic acids is 1. The van der Waals surface area contributed by atoms with Gasteiger partial charge in [0.1, 0.15) is 25.4 Å². The van der Waals surface area contributed by atoms with Crippen molar-refractivity contribution >= 4 is 23.4 Å². The van der Waals surface area contributed by atoms with E-state index in [-0.39, 0.29) is 24.2 Å². The number of hydrogen-bond acceptors (Lipinski definition) is 7. The van der Waals surface area contributed by atoms with Gasteiger partial charge < -0.3 is 20.1 Å². The third-order valence-corrected chi connectivity index (χ3v) is 3.72. The molecule has 3 rings (SSSR count). The maximum atomic E-state index is 11.9. The zero-order valence-electron chi connectivity index (χ0n) is 11.2. The summed E-state index contributed by atoms with van der Waals surface area (Å²) in [6, 6.07) is 0. The van der Waals surface area contributed by atoms with Crippen molar-refractivity contribution in [2.24, 2.45) is 4.99 Å². The molecule has 0 bridgehead atoms. The summed E-state index contributed by atoms with van der Waals surface area (Å²) in [4.78, 5) is 17.3. The molecule has 0 unspecified atom stereocenters. The molecule has 0 aromatic rings. The third-order valence-electron chi connectivity index (χ3n) is 3.72. The molecule has 10 nitrogen and oxygen atoms in total. The van der Waals surface area contributed by atoms with Crippen molar-refractivity contribution in [2.75, 3.05) is 20.3 Å². The molecule has 5 N–H and O–H groups in total. The van der Waals surface area contributed by atoms with E-state index in [9.17, 15) is 15.0 Å². The van der Waals surface area contributed by atoms with Gasteiger partial charge in [0.05, 0.1) is 6.61 Å². The van der Waals surface area contributed by atoms with E-state index in [1.165, 1.54) is 4.90 Å². The predicted molar refractivity (Wildman–Crippen MR) is 69.0 cm³/mol. The van der Waals surface area contributed by atoms with E-state index >= 15 is 0 Å². The number of amides is 1. The summed E-state index contributed by atoms with van der Waals surface area (Å²) in [5.74, 6) is -0.548. The largest absolute Gasteiger partial charge is 0.394 e. The minimum Gasteiger partial charge on any atom is -0.394 e. The zero-order valence-corrected chi connectivity index (χ0v) is 11.2. The van der Waals surface area contributed by atoms with Crippen LogP contribution in [0.1, 0.15) is 0 Å². The molecular formula is C11H16N5O5+.